The van der Waals surface area contributed by atoms with Crippen LogP contribution in [0.5, 0.6) is 0 Å². The largest absolute Gasteiger partial charge is 0.478 e. The second-order valence-electron chi connectivity index (χ2n) is 5.27. The van der Waals surface area contributed by atoms with Gasteiger partial charge in [-0.15, -0.1) is 0 Å². The number of aromatic nitrogens is 1. The van der Waals surface area contributed by atoms with Crippen LogP contribution in [0.2, 0.25) is 0 Å². The quantitative estimate of drug-likeness (QED) is 0.915. The zero-order valence-corrected chi connectivity index (χ0v) is 11.7. The van der Waals surface area contributed by atoms with E-state index < -0.39 is 23.3 Å². The van der Waals surface area contributed by atoms with E-state index >= 15 is 0 Å². The average molecular weight is 305 g/mol. The molecule has 5 nitrogen and oxygen atoms in total. The average Bonchev–Trinajstić information content (AvgIpc) is 2.82. The van der Waals surface area contributed by atoms with Crippen molar-refractivity contribution in [3.63, 3.8) is 0 Å². The third-order valence-corrected chi connectivity index (χ3v) is 3.69. The van der Waals surface area contributed by atoms with E-state index in [0.717, 1.165) is 38.6 Å². The molecule has 1 aliphatic heterocycles. The third-order valence-electron chi connectivity index (χ3n) is 3.69. The molecular weight excluding hydrogens is 287 g/mol. The standard InChI is InChI=1S/C13H18F3N3O2/c1-17-2-4-18(5-3-17)6-7-19-8-10(12(20)21)11(9-19)13(14,15)16/h8-9H,2-7H2,1H3,(H,20,21). The Morgan fingerprint density at radius 1 is 1.19 bits per heavy atom. The van der Waals surface area contributed by atoms with Gasteiger partial charge in [0, 0.05) is 51.7 Å². The van der Waals surface area contributed by atoms with Crippen molar-refractivity contribution in [1.29, 1.82) is 0 Å². The lowest BCUT2D eigenvalue weighted by atomic mass is 10.2. The number of halogens is 3. The Kier molecular flexibility index (Phi) is 4.58. The number of carboxylic acid groups (broad SMARTS) is 1. The van der Waals surface area contributed by atoms with Crippen LogP contribution in [0.4, 0.5) is 13.2 Å². The molecule has 1 aromatic heterocycles. The molecule has 0 aliphatic carbocycles. The molecule has 1 aromatic rings. The monoisotopic (exact) mass is 305 g/mol. The SMILES string of the molecule is CN1CCN(CCn2cc(C(=O)O)c(C(F)(F)F)c2)CC1. The summed E-state index contributed by atoms with van der Waals surface area (Å²) in [4.78, 5) is 15.2. The number of piperazine rings is 1. The van der Waals surface area contributed by atoms with E-state index in [1.165, 1.54) is 4.57 Å². The van der Waals surface area contributed by atoms with Crippen LogP contribution in [0.3, 0.4) is 0 Å². The molecule has 0 saturated carbocycles. The Morgan fingerprint density at radius 2 is 1.81 bits per heavy atom. The lowest BCUT2D eigenvalue weighted by Gasteiger charge is -2.32. The van der Waals surface area contributed by atoms with E-state index in [-0.39, 0.29) is 0 Å². The summed E-state index contributed by atoms with van der Waals surface area (Å²) in [6.07, 6.45) is -2.71. The van der Waals surface area contributed by atoms with Gasteiger partial charge in [-0.3, -0.25) is 4.90 Å². The van der Waals surface area contributed by atoms with Crippen molar-refractivity contribution < 1.29 is 23.1 Å². The number of alkyl halides is 3. The number of hydrogen-bond acceptors (Lipinski definition) is 3. The minimum atomic E-state index is -4.65. The van der Waals surface area contributed by atoms with Gasteiger partial charge in [-0.05, 0) is 7.05 Å². The summed E-state index contributed by atoms with van der Waals surface area (Å²) < 4.78 is 39.6. The number of carbonyl (C=O) groups is 1. The minimum Gasteiger partial charge on any atom is -0.478 e. The summed E-state index contributed by atoms with van der Waals surface area (Å²) in [5.74, 6) is -1.55. The molecule has 0 aromatic carbocycles. The predicted molar refractivity (Wildman–Crippen MR) is 70.3 cm³/mol. The van der Waals surface area contributed by atoms with E-state index in [2.05, 4.69) is 9.80 Å². The van der Waals surface area contributed by atoms with Crippen LogP contribution in [0, 0.1) is 0 Å². The summed E-state index contributed by atoms with van der Waals surface area (Å²) >= 11 is 0. The first-order chi connectivity index (χ1) is 9.77. The van der Waals surface area contributed by atoms with Crippen LogP contribution in [0.15, 0.2) is 12.4 Å². The Hall–Kier alpha value is -1.54. The van der Waals surface area contributed by atoms with Crippen molar-refractivity contribution in [2.75, 3.05) is 39.8 Å². The van der Waals surface area contributed by atoms with Crippen LogP contribution < -0.4 is 0 Å². The van der Waals surface area contributed by atoms with Gasteiger partial charge >= 0.3 is 12.1 Å². The highest BCUT2D eigenvalue weighted by molar-refractivity contribution is 5.89. The molecular formula is C13H18F3N3O2. The van der Waals surface area contributed by atoms with Crippen molar-refractivity contribution in [3.05, 3.63) is 23.5 Å². The van der Waals surface area contributed by atoms with Gasteiger partial charge in [0.15, 0.2) is 0 Å². The van der Waals surface area contributed by atoms with Gasteiger partial charge in [0.1, 0.15) is 0 Å². The number of likely N-dealkylation sites (N-methyl/N-ethyl adjacent to an activating group) is 1. The topological polar surface area (TPSA) is 48.7 Å². The number of hydrogen-bond donors (Lipinski definition) is 1. The van der Waals surface area contributed by atoms with Crippen LogP contribution in [-0.4, -0.2) is 65.2 Å². The first-order valence-electron chi connectivity index (χ1n) is 6.68. The van der Waals surface area contributed by atoms with Crippen LogP contribution in [-0.2, 0) is 12.7 Å². The first-order valence-corrected chi connectivity index (χ1v) is 6.68. The molecule has 0 amide bonds. The number of rotatable bonds is 4. The number of aromatic carboxylic acids is 1. The van der Waals surface area contributed by atoms with Gasteiger partial charge in [-0.2, -0.15) is 13.2 Å². The molecule has 2 heterocycles. The second kappa shape index (κ2) is 6.07. The van der Waals surface area contributed by atoms with Crippen molar-refractivity contribution in [2.45, 2.75) is 12.7 Å². The van der Waals surface area contributed by atoms with Crippen LogP contribution in [0.25, 0.3) is 0 Å². The molecule has 2 rings (SSSR count). The summed E-state index contributed by atoms with van der Waals surface area (Å²) in [7, 11) is 2.03. The van der Waals surface area contributed by atoms with E-state index in [9.17, 15) is 18.0 Å². The van der Waals surface area contributed by atoms with Gasteiger partial charge in [-0.1, -0.05) is 0 Å². The molecule has 1 N–H and O–H groups in total. The first kappa shape index (κ1) is 15.8. The minimum absolute atomic E-state index is 0.347. The second-order valence-corrected chi connectivity index (χ2v) is 5.27. The fourth-order valence-corrected chi connectivity index (χ4v) is 2.36. The lowest BCUT2D eigenvalue weighted by molar-refractivity contribution is -0.138. The molecule has 1 fully saturated rings. The Bertz CT molecular complexity index is 505. The predicted octanol–water partition coefficient (Wildman–Crippen LogP) is 1.45. The molecule has 1 aliphatic rings. The Morgan fingerprint density at radius 3 is 2.29 bits per heavy atom. The fraction of sp³-hybridized carbons (Fsp3) is 0.615. The van der Waals surface area contributed by atoms with Gasteiger partial charge < -0.3 is 14.6 Å². The van der Waals surface area contributed by atoms with Gasteiger partial charge in [-0.25, -0.2) is 4.79 Å². The molecule has 8 heteroatoms. The van der Waals surface area contributed by atoms with Crippen molar-refractivity contribution in [1.82, 2.24) is 14.4 Å². The van der Waals surface area contributed by atoms with Gasteiger partial charge in [0.2, 0.25) is 0 Å². The van der Waals surface area contributed by atoms with Crippen molar-refractivity contribution >= 4 is 5.97 Å². The Labute approximate surface area is 120 Å². The molecule has 0 atom stereocenters. The number of carboxylic acids is 1. The van der Waals surface area contributed by atoms with E-state index in [1.807, 2.05) is 7.05 Å². The maximum Gasteiger partial charge on any atom is 0.418 e. The van der Waals surface area contributed by atoms with Crippen LogP contribution in [0.1, 0.15) is 15.9 Å². The molecule has 1 saturated heterocycles. The zero-order chi connectivity index (χ0) is 15.6. The van der Waals surface area contributed by atoms with Crippen molar-refractivity contribution in [3.8, 4) is 0 Å². The van der Waals surface area contributed by atoms with E-state index in [1.54, 1.807) is 0 Å². The Balaban J connectivity index is 2.02. The summed E-state index contributed by atoms with van der Waals surface area (Å²) in [6.45, 7) is 4.56. The van der Waals surface area contributed by atoms with Crippen molar-refractivity contribution in [2.24, 2.45) is 0 Å². The van der Waals surface area contributed by atoms with E-state index in [4.69, 9.17) is 5.11 Å². The smallest absolute Gasteiger partial charge is 0.418 e. The molecule has 0 radical (unpaired) electrons. The molecule has 21 heavy (non-hydrogen) atoms. The summed E-state index contributed by atoms with van der Waals surface area (Å²) in [6, 6.07) is 0. The third kappa shape index (κ3) is 3.98. The lowest BCUT2D eigenvalue weighted by Crippen LogP contribution is -2.45. The molecule has 0 unspecified atom stereocenters. The van der Waals surface area contributed by atoms with Crippen LogP contribution >= 0.6 is 0 Å². The molecule has 118 valence electrons. The highest BCUT2D eigenvalue weighted by Gasteiger charge is 2.37. The highest BCUT2D eigenvalue weighted by atomic mass is 19.4. The molecule has 0 spiro atoms. The number of nitrogens with zero attached hydrogens (tertiary/aromatic N) is 3. The maximum absolute atomic E-state index is 12.8. The van der Waals surface area contributed by atoms with E-state index in [0.29, 0.717) is 13.1 Å². The van der Waals surface area contributed by atoms with Gasteiger partial charge in [0.25, 0.3) is 0 Å². The highest BCUT2D eigenvalue weighted by Crippen LogP contribution is 2.32. The summed E-state index contributed by atoms with van der Waals surface area (Å²) in [5, 5.41) is 8.86. The molecule has 0 bridgehead atoms. The fourth-order valence-electron chi connectivity index (χ4n) is 2.36. The maximum atomic E-state index is 12.8. The summed E-state index contributed by atoms with van der Waals surface area (Å²) in [5.41, 5.74) is -1.78. The van der Waals surface area contributed by atoms with Gasteiger partial charge in [0.05, 0.1) is 11.1 Å². The zero-order valence-electron chi connectivity index (χ0n) is 11.7. The normalized spacial score (nSPS) is 18.1.